The lowest BCUT2D eigenvalue weighted by molar-refractivity contribution is 0.0183. The molecule has 0 spiro atoms. The molecule has 1 aliphatic heterocycles. The van der Waals surface area contributed by atoms with Crippen LogP contribution in [0.15, 0.2) is 42.9 Å². The van der Waals surface area contributed by atoms with Gasteiger partial charge in [0.15, 0.2) is 0 Å². The highest BCUT2D eigenvalue weighted by molar-refractivity contribution is 5.15. The molecule has 4 heteroatoms. The summed E-state index contributed by atoms with van der Waals surface area (Å²) < 4.78 is 0. The van der Waals surface area contributed by atoms with Gasteiger partial charge in [-0.25, -0.2) is 4.98 Å². The summed E-state index contributed by atoms with van der Waals surface area (Å²) in [6, 6.07) is 10.4. The Balaban J connectivity index is 1.54. The fraction of sp³-hybridized carbons (Fsp3) is 0.438. The number of aromatic amines is 1. The molecule has 2 heterocycles. The van der Waals surface area contributed by atoms with Gasteiger partial charge in [-0.3, -0.25) is 4.90 Å². The van der Waals surface area contributed by atoms with Crippen molar-refractivity contribution in [1.82, 2.24) is 14.9 Å². The Labute approximate surface area is 119 Å². The van der Waals surface area contributed by atoms with Gasteiger partial charge in [-0.1, -0.05) is 30.3 Å². The van der Waals surface area contributed by atoms with Gasteiger partial charge in [0.2, 0.25) is 0 Å². The molecule has 0 radical (unpaired) electrons. The van der Waals surface area contributed by atoms with Gasteiger partial charge >= 0.3 is 0 Å². The predicted octanol–water partition coefficient (Wildman–Crippen LogP) is 1.84. The van der Waals surface area contributed by atoms with Crippen LogP contribution in [0.1, 0.15) is 17.7 Å². The minimum Gasteiger partial charge on any atom is -0.391 e. The highest BCUT2D eigenvalue weighted by Gasteiger charge is 2.27. The number of β-amino-alcohol motifs (C(OH)–C–C–N with tert-alkyl or cyclic N) is 1. The molecule has 0 aliphatic carbocycles. The smallest absolute Gasteiger partial charge is 0.0922 e. The Morgan fingerprint density at radius 2 is 2.15 bits per heavy atom. The third-order valence-corrected chi connectivity index (χ3v) is 4.10. The topological polar surface area (TPSA) is 52.1 Å². The number of likely N-dealkylation sites (tertiary alicyclic amines) is 1. The van der Waals surface area contributed by atoms with Crippen molar-refractivity contribution in [2.24, 2.45) is 5.92 Å². The Kier molecular flexibility index (Phi) is 4.14. The number of hydrogen-bond donors (Lipinski definition) is 2. The molecule has 1 aliphatic rings. The summed E-state index contributed by atoms with van der Waals surface area (Å²) in [5.74, 6) is 0.371. The molecule has 20 heavy (non-hydrogen) atoms. The van der Waals surface area contributed by atoms with Gasteiger partial charge in [0.1, 0.15) is 0 Å². The van der Waals surface area contributed by atoms with E-state index in [0.29, 0.717) is 5.92 Å². The van der Waals surface area contributed by atoms with Crippen LogP contribution in [-0.2, 0) is 13.0 Å². The molecular formula is C16H21N3O. The summed E-state index contributed by atoms with van der Waals surface area (Å²) in [6.45, 7) is 2.62. The first kappa shape index (κ1) is 13.3. The van der Waals surface area contributed by atoms with Crippen LogP contribution in [-0.4, -0.2) is 39.2 Å². The summed E-state index contributed by atoms with van der Waals surface area (Å²) in [6.07, 6.45) is 5.33. The Bertz CT molecular complexity index is 512. The van der Waals surface area contributed by atoms with E-state index in [1.807, 2.05) is 12.3 Å². The zero-order chi connectivity index (χ0) is 13.8. The summed E-state index contributed by atoms with van der Waals surface area (Å²) >= 11 is 0. The maximum absolute atomic E-state index is 10.4. The predicted molar refractivity (Wildman–Crippen MR) is 78.1 cm³/mol. The molecule has 2 N–H and O–H groups in total. The zero-order valence-electron chi connectivity index (χ0n) is 11.6. The number of piperidine rings is 1. The van der Waals surface area contributed by atoms with E-state index in [1.165, 1.54) is 5.56 Å². The quantitative estimate of drug-likeness (QED) is 0.892. The fourth-order valence-electron chi connectivity index (χ4n) is 2.96. The van der Waals surface area contributed by atoms with Gasteiger partial charge in [0.25, 0.3) is 0 Å². The van der Waals surface area contributed by atoms with Gasteiger partial charge in [0, 0.05) is 25.0 Å². The van der Waals surface area contributed by atoms with E-state index >= 15 is 0 Å². The first-order valence-corrected chi connectivity index (χ1v) is 7.23. The van der Waals surface area contributed by atoms with Crippen molar-refractivity contribution in [1.29, 1.82) is 0 Å². The molecule has 0 saturated carbocycles. The van der Waals surface area contributed by atoms with E-state index in [0.717, 1.165) is 38.2 Å². The molecule has 3 rings (SSSR count). The number of H-pyrrole nitrogens is 1. The molecule has 2 atom stereocenters. The number of hydrogen-bond acceptors (Lipinski definition) is 3. The lowest BCUT2D eigenvalue weighted by atomic mass is 9.88. The average Bonchev–Trinajstić information content (AvgIpc) is 2.96. The van der Waals surface area contributed by atoms with E-state index in [9.17, 15) is 5.11 Å². The highest BCUT2D eigenvalue weighted by atomic mass is 16.3. The van der Waals surface area contributed by atoms with Crippen LogP contribution in [0.4, 0.5) is 0 Å². The normalized spacial score (nSPS) is 23.9. The maximum Gasteiger partial charge on any atom is 0.0922 e. The first-order chi connectivity index (χ1) is 9.81. The van der Waals surface area contributed by atoms with Crippen LogP contribution in [0.5, 0.6) is 0 Å². The van der Waals surface area contributed by atoms with E-state index < -0.39 is 0 Å². The van der Waals surface area contributed by atoms with Gasteiger partial charge in [-0.05, 0) is 30.9 Å². The number of aliphatic hydroxyl groups is 1. The Morgan fingerprint density at radius 3 is 2.85 bits per heavy atom. The SMILES string of the molecule is O[C@H]1CN(Cc2cnc[nH]2)CC[C@@H]1Cc1ccccc1. The molecule has 4 nitrogen and oxygen atoms in total. The molecule has 1 saturated heterocycles. The third-order valence-electron chi connectivity index (χ3n) is 4.10. The van der Waals surface area contributed by atoms with Crippen LogP contribution in [0.25, 0.3) is 0 Å². The largest absolute Gasteiger partial charge is 0.391 e. The molecule has 0 bridgehead atoms. The van der Waals surface area contributed by atoms with Crippen LogP contribution in [0, 0.1) is 5.92 Å². The minimum absolute atomic E-state index is 0.244. The number of benzene rings is 1. The maximum atomic E-state index is 10.4. The van der Waals surface area contributed by atoms with Crippen LogP contribution in [0.2, 0.25) is 0 Å². The van der Waals surface area contributed by atoms with Gasteiger partial charge in [-0.2, -0.15) is 0 Å². The summed E-state index contributed by atoms with van der Waals surface area (Å²) in [5.41, 5.74) is 2.43. The number of imidazole rings is 1. The van der Waals surface area contributed by atoms with E-state index in [2.05, 4.69) is 39.1 Å². The average molecular weight is 271 g/mol. The molecule has 1 fully saturated rings. The van der Waals surface area contributed by atoms with Crippen LogP contribution < -0.4 is 0 Å². The molecule has 106 valence electrons. The second kappa shape index (κ2) is 6.20. The molecule has 1 aromatic carbocycles. The van der Waals surface area contributed by atoms with Crippen molar-refractivity contribution in [2.45, 2.75) is 25.5 Å². The van der Waals surface area contributed by atoms with Crippen molar-refractivity contribution < 1.29 is 5.11 Å². The number of nitrogens with one attached hydrogen (secondary N) is 1. The van der Waals surface area contributed by atoms with Crippen molar-refractivity contribution >= 4 is 0 Å². The molecular weight excluding hydrogens is 250 g/mol. The Morgan fingerprint density at radius 1 is 1.30 bits per heavy atom. The number of aromatic nitrogens is 2. The van der Waals surface area contributed by atoms with Gasteiger partial charge in [-0.15, -0.1) is 0 Å². The minimum atomic E-state index is -0.244. The van der Waals surface area contributed by atoms with Crippen LogP contribution in [0.3, 0.4) is 0 Å². The molecule has 2 aromatic rings. The van der Waals surface area contributed by atoms with Crippen molar-refractivity contribution in [3.05, 3.63) is 54.1 Å². The van der Waals surface area contributed by atoms with Crippen molar-refractivity contribution in [2.75, 3.05) is 13.1 Å². The molecule has 0 unspecified atom stereocenters. The summed E-state index contributed by atoms with van der Waals surface area (Å²) in [7, 11) is 0. The summed E-state index contributed by atoms with van der Waals surface area (Å²) in [4.78, 5) is 9.44. The second-order valence-electron chi connectivity index (χ2n) is 5.62. The summed E-state index contributed by atoms with van der Waals surface area (Å²) in [5, 5.41) is 10.4. The van der Waals surface area contributed by atoms with E-state index in [4.69, 9.17) is 0 Å². The molecule has 1 aromatic heterocycles. The monoisotopic (exact) mass is 271 g/mol. The standard InChI is InChI=1S/C16H21N3O/c20-16-11-19(10-15-9-17-12-18-15)7-6-14(16)8-13-4-2-1-3-5-13/h1-5,9,12,14,16,20H,6-8,10-11H2,(H,17,18)/t14-,16+/m1/s1. The first-order valence-electron chi connectivity index (χ1n) is 7.23. The van der Waals surface area contributed by atoms with Crippen molar-refractivity contribution in [3.8, 4) is 0 Å². The second-order valence-corrected chi connectivity index (χ2v) is 5.62. The van der Waals surface area contributed by atoms with E-state index in [-0.39, 0.29) is 6.10 Å². The van der Waals surface area contributed by atoms with E-state index in [1.54, 1.807) is 6.33 Å². The lowest BCUT2D eigenvalue weighted by Gasteiger charge is -2.35. The number of nitrogens with zero attached hydrogens (tertiary/aromatic N) is 2. The third kappa shape index (κ3) is 3.26. The van der Waals surface area contributed by atoms with Crippen molar-refractivity contribution in [3.63, 3.8) is 0 Å². The highest BCUT2D eigenvalue weighted by Crippen LogP contribution is 2.23. The Hall–Kier alpha value is -1.65. The zero-order valence-corrected chi connectivity index (χ0v) is 11.6. The number of rotatable bonds is 4. The molecule has 0 amide bonds. The number of aliphatic hydroxyl groups excluding tert-OH is 1. The van der Waals surface area contributed by atoms with Crippen LogP contribution >= 0.6 is 0 Å². The lowest BCUT2D eigenvalue weighted by Crippen LogP contribution is -2.44. The fourth-order valence-corrected chi connectivity index (χ4v) is 2.96. The van der Waals surface area contributed by atoms with Gasteiger partial charge < -0.3 is 10.1 Å². The van der Waals surface area contributed by atoms with Gasteiger partial charge in [0.05, 0.1) is 12.4 Å².